The van der Waals surface area contributed by atoms with Gasteiger partial charge in [-0.1, -0.05) is 78.6 Å². The molecule has 1 unspecified atom stereocenters. The maximum atomic E-state index is 12.8. The number of hydrogen-bond donors (Lipinski definition) is 2. The Kier molecular flexibility index (Phi) is 19.2. The largest absolute Gasteiger partial charge is 0.344 e. The van der Waals surface area contributed by atoms with Crippen molar-refractivity contribution in [1.82, 2.24) is 10.4 Å². The first-order valence-electron chi connectivity index (χ1n) is 11.4. The van der Waals surface area contributed by atoms with E-state index >= 15 is 0 Å². The molecule has 0 aliphatic rings. The Balaban J connectivity index is 4.24. The predicted octanol–water partition coefficient (Wildman–Crippen LogP) is 7.74. The smallest absolute Gasteiger partial charge is 0.335 e. The normalized spacial score (nSPS) is 14.7. The van der Waals surface area contributed by atoms with Gasteiger partial charge in [0.05, 0.1) is 6.61 Å². The lowest BCUT2D eigenvalue weighted by atomic mass is 10.0. The van der Waals surface area contributed by atoms with Gasteiger partial charge in [-0.3, -0.25) is 9.36 Å². The summed E-state index contributed by atoms with van der Waals surface area (Å²) < 4.78 is 18.2. The van der Waals surface area contributed by atoms with E-state index in [-0.39, 0.29) is 11.3 Å². The van der Waals surface area contributed by atoms with Crippen LogP contribution >= 0.6 is 29.7 Å². The second-order valence-corrected chi connectivity index (χ2v) is 12.5. The van der Waals surface area contributed by atoms with E-state index in [4.69, 9.17) is 16.1 Å². The van der Waals surface area contributed by atoms with Gasteiger partial charge in [0, 0.05) is 29.8 Å². The Morgan fingerprint density at radius 1 is 1.00 bits per heavy atom. The number of carbonyl (C=O) groups excluding carboxylic acids is 1. The van der Waals surface area contributed by atoms with E-state index in [0.29, 0.717) is 24.9 Å². The van der Waals surface area contributed by atoms with Crippen molar-refractivity contribution in [3.63, 3.8) is 0 Å². The fraction of sp³-hybridized carbons (Fsp3) is 0.952. The van der Waals surface area contributed by atoms with E-state index in [1.807, 2.05) is 13.8 Å². The molecule has 0 fully saturated rings. The predicted molar refractivity (Wildman–Crippen MR) is 129 cm³/mol. The molecule has 0 rings (SSSR count). The molecule has 0 saturated heterocycles. The fourth-order valence-electron chi connectivity index (χ4n) is 2.99. The fourth-order valence-corrected chi connectivity index (χ4v) is 6.54. The Hall–Kier alpha value is 0.260. The lowest BCUT2D eigenvalue weighted by Gasteiger charge is -2.21. The summed E-state index contributed by atoms with van der Waals surface area (Å²) in [5, 5.41) is 5.62. The first-order chi connectivity index (χ1) is 13.9. The van der Waals surface area contributed by atoms with Gasteiger partial charge in [0.15, 0.2) is 0 Å². The molecule has 0 saturated carbocycles. The topological polar surface area (TPSA) is 67.4 Å². The highest BCUT2D eigenvalue weighted by molar-refractivity contribution is 8.63. The van der Waals surface area contributed by atoms with Crippen molar-refractivity contribution in [2.45, 2.75) is 104 Å². The molecule has 1 amide bonds. The van der Waals surface area contributed by atoms with Crippen LogP contribution in [0.25, 0.3) is 0 Å². The van der Waals surface area contributed by atoms with E-state index < -0.39 is 6.72 Å². The van der Waals surface area contributed by atoms with Gasteiger partial charge in [0.1, 0.15) is 0 Å². The third kappa shape index (κ3) is 17.6. The van der Waals surface area contributed by atoms with Crippen LogP contribution in [0.4, 0.5) is 4.79 Å². The second kappa shape index (κ2) is 19.0. The molecule has 174 valence electrons. The molecule has 0 heterocycles. The van der Waals surface area contributed by atoms with Gasteiger partial charge >= 0.3 is 6.72 Å². The van der Waals surface area contributed by atoms with Gasteiger partial charge in [-0.15, -0.1) is 11.6 Å². The van der Waals surface area contributed by atoms with Gasteiger partial charge in [-0.2, -0.15) is 0 Å². The van der Waals surface area contributed by atoms with Gasteiger partial charge in [-0.25, -0.2) is 5.09 Å². The Labute approximate surface area is 188 Å². The molecule has 29 heavy (non-hydrogen) atoms. The molecule has 0 aliphatic heterocycles. The van der Waals surface area contributed by atoms with Crippen LogP contribution in [0, 0.1) is 5.92 Å². The quantitative estimate of drug-likeness (QED) is 0.115. The summed E-state index contributed by atoms with van der Waals surface area (Å²) in [4.78, 5) is 12.4. The summed E-state index contributed by atoms with van der Waals surface area (Å²) in [5.74, 6) is 0.824. The average Bonchev–Trinajstić information content (AvgIpc) is 2.65. The first kappa shape index (κ1) is 29.3. The third-order valence-corrected chi connectivity index (χ3v) is 8.46. The zero-order valence-electron chi connectivity index (χ0n) is 19.0. The molecular formula is C21H44ClN2O3PS. The van der Waals surface area contributed by atoms with E-state index in [1.54, 1.807) is 6.92 Å². The monoisotopic (exact) mass is 470 g/mol. The number of alkyl halides is 1. The van der Waals surface area contributed by atoms with Crippen LogP contribution in [0.15, 0.2) is 0 Å². The summed E-state index contributed by atoms with van der Waals surface area (Å²) in [6, 6.07) is 0.0252. The van der Waals surface area contributed by atoms with Crippen LogP contribution in [0.1, 0.15) is 98.3 Å². The molecule has 0 spiro atoms. The molecule has 5 nitrogen and oxygen atoms in total. The molecule has 0 bridgehead atoms. The SMILES string of the molecule is CCCCCCCCCCC[C@@H](CCCl)NC(=O)SP(=O)(NCC(C)C)OCC. The van der Waals surface area contributed by atoms with Crippen molar-refractivity contribution in [2.75, 3.05) is 19.0 Å². The molecular weight excluding hydrogens is 427 g/mol. The highest BCUT2D eigenvalue weighted by atomic mass is 35.5. The Bertz CT molecular complexity index is 456. The lowest BCUT2D eigenvalue weighted by molar-refractivity contribution is 0.256. The highest BCUT2D eigenvalue weighted by Gasteiger charge is 2.28. The van der Waals surface area contributed by atoms with Crippen molar-refractivity contribution in [1.29, 1.82) is 0 Å². The van der Waals surface area contributed by atoms with E-state index in [2.05, 4.69) is 17.3 Å². The van der Waals surface area contributed by atoms with Crippen molar-refractivity contribution >= 4 is 34.9 Å². The summed E-state index contributed by atoms with van der Waals surface area (Å²) in [6.07, 6.45) is 13.1. The minimum absolute atomic E-state index is 0.0252. The second-order valence-electron chi connectivity index (χ2n) is 7.99. The van der Waals surface area contributed by atoms with Gasteiger partial charge in [0.25, 0.3) is 5.24 Å². The van der Waals surface area contributed by atoms with Crippen molar-refractivity contribution in [3.05, 3.63) is 0 Å². The van der Waals surface area contributed by atoms with E-state index in [1.165, 1.54) is 51.4 Å². The molecule has 0 radical (unpaired) electrons. The maximum Gasteiger partial charge on any atom is 0.335 e. The van der Waals surface area contributed by atoms with Crippen LogP contribution in [-0.2, 0) is 9.09 Å². The summed E-state index contributed by atoms with van der Waals surface area (Å²) >= 11 is 6.67. The van der Waals surface area contributed by atoms with Crippen molar-refractivity contribution < 1.29 is 13.9 Å². The van der Waals surface area contributed by atoms with E-state index in [0.717, 1.165) is 30.6 Å². The first-order valence-corrected chi connectivity index (χ1v) is 15.0. The van der Waals surface area contributed by atoms with Gasteiger partial charge in [0.2, 0.25) is 0 Å². The molecule has 0 aromatic carbocycles. The number of nitrogens with one attached hydrogen (secondary N) is 2. The average molecular weight is 471 g/mol. The summed E-state index contributed by atoms with van der Waals surface area (Å²) in [7, 11) is 0. The zero-order chi connectivity index (χ0) is 22.0. The summed E-state index contributed by atoms with van der Waals surface area (Å²) in [6.45, 7) is 5.67. The zero-order valence-corrected chi connectivity index (χ0v) is 21.5. The van der Waals surface area contributed by atoms with Crippen LogP contribution in [0.5, 0.6) is 0 Å². The molecule has 0 aromatic rings. The molecule has 0 aliphatic carbocycles. The number of unbranched alkanes of at least 4 members (excludes halogenated alkanes) is 8. The number of carbonyl (C=O) groups is 1. The standard InChI is InChI=1S/C21H44ClN2O3PS/c1-5-7-8-9-10-11-12-13-14-15-20(16-17-22)24-21(25)29-28(26,27-6-2)23-18-19(3)4/h19-20H,5-18H2,1-4H3,(H,23,26)(H,24,25)/t20-,28?/m0/s1. The molecule has 2 N–H and O–H groups in total. The summed E-state index contributed by atoms with van der Waals surface area (Å²) in [5.41, 5.74) is 0. The van der Waals surface area contributed by atoms with E-state index in [9.17, 15) is 9.36 Å². The molecule has 2 atom stereocenters. The van der Waals surface area contributed by atoms with Crippen LogP contribution < -0.4 is 10.4 Å². The Morgan fingerprint density at radius 3 is 2.10 bits per heavy atom. The molecule has 8 heteroatoms. The van der Waals surface area contributed by atoms with Gasteiger partial charge in [-0.05, 0) is 25.7 Å². The number of halogens is 1. The van der Waals surface area contributed by atoms with Crippen LogP contribution in [0.2, 0.25) is 0 Å². The van der Waals surface area contributed by atoms with Gasteiger partial charge < -0.3 is 9.84 Å². The lowest BCUT2D eigenvalue weighted by Crippen LogP contribution is -2.33. The van der Waals surface area contributed by atoms with Crippen molar-refractivity contribution in [2.24, 2.45) is 5.92 Å². The minimum atomic E-state index is -3.24. The number of rotatable bonds is 19. The third-order valence-electron chi connectivity index (χ3n) is 4.63. The minimum Gasteiger partial charge on any atom is -0.344 e. The number of amides is 1. The van der Waals surface area contributed by atoms with Crippen LogP contribution in [-0.4, -0.2) is 30.3 Å². The van der Waals surface area contributed by atoms with Crippen molar-refractivity contribution in [3.8, 4) is 0 Å². The number of hydrogen-bond acceptors (Lipinski definition) is 4. The highest BCUT2D eigenvalue weighted by Crippen LogP contribution is 2.56. The van der Waals surface area contributed by atoms with Crippen LogP contribution in [0.3, 0.4) is 0 Å². The maximum absolute atomic E-state index is 12.8. The molecule has 0 aromatic heterocycles. The Morgan fingerprint density at radius 2 is 1.59 bits per heavy atom.